The van der Waals surface area contributed by atoms with Gasteiger partial charge in [-0.05, 0) is 61.3 Å². The zero-order valence-electron chi connectivity index (χ0n) is 16.6. The average molecular weight is 425 g/mol. The van der Waals surface area contributed by atoms with Gasteiger partial charge in [-0.3, -0.25) is 4.79 Å². The predicted octanol–water partition coefficient (Wildman–Crippen LogP) is 3.05. The average Bonchev–Trinajstić information content (AvgIpc) is 2.69. The van der Waals surface area contributed by atoms with E-state index in [1.807, 2.05) is 11.9 Å². The van der Waals surface area contributed by atoms with Crippen molar-refractivity contribution in [3.63, 3.8) is 0 Å². The third-order valence-electron chi connectivity index (χ3n) is 4.74. The SMILES string of the molecule is CN(CCCCNCC(O)c1ccc(O)c(C(N)=O)c1)c1ccc(C(F)(F)F)cc1. The molecule has 0 heterocycles. The molecule has 0 radical (unpaired) electrons. The molecule has 2 aromatic carbocycles. The zero-order valence-corrected chi connectivity index (χ0v) is 16.6. The summed E-state index contributed by atoms with van der Waals surface area (Å²) in [5.41, 5.74) is 5.65. The molecule has 5 N–H and O–H groups in total. The Morgan fingerprint density at radius 2 is 1.83 bits per heavy atom. The fraction of sp³-hybridized carbons (Fsp3) is 0.381. The summed E-state index contributed by atoms with van der Waals surface area (Å²) in [6.45, 7) is 1.58. The third-order valence-corrected chi connectivity index (χ3v) is 4.74. The first kappa shape index (κ1) is 23.5. The number of halogens is 3. The summed E-state index contributed by atoms with van der Waals surface area (Å²) >= 11 is 0. The minimum absolute atomic E-state index is 0.0437. The molecular weight excluding hydrogens is 399 g/mol. The Balaban J connectivity index is 1.70. The molecule has 6 nitrogen and oxygen atoms in total. The zero-order chi connectivity index (χ0) is 22.3. The van der Waals surface area contributed by atoms with Gasteiger partial charge in [-0.15, -0.1) is 0 Å². The van der Waals surface area contributed by atoms with Crippen molar-refractivity contribution in [1.82, 2.24) is 5.32 Å². The van der Waals surface area contributed by atoms with Gasteiger partial charge >= 0.3 is 6.18 Å². The highest BCUT2D eigenvalue weighted by Gasteiger charge is 2.30. The molecule has 0 spiro atoms. The number of phenols is 1. The predicted molar refractivity (Wildman–Crippen MR) is 108 cm³/mol. The number of carbonyl (C=O) groups is 1. The normalized spacial score (nSPS) is 12.6. The largest absolute Gasteiger partial charge is 0.507 e. The number of unbranched alkanes of at least 4 members (excludes halogenated alkanes) is 1. The van der Waals surface area contributed by atoms with Crippen LogP contribution in [-0.2, 0) is 6.18 Å². The minimum Gasteiger partial charge on any atom is -0.507 e. The number of rotatable bonds is 10. The molecule has 9 heteroatoms. The molecule has 1 unspecified atom stereocenters. The van der Waals surface area contributed by atoms with Crippen molar-refractivity contribution in [2.24, 2.45) is 5.73 Å². The number of carbonyl (C=O) groups excluding carboxylic acids is 1. The molecule has 0 aliphatic heterocycles. The fourth-order valence-electron chi connectivity index (χ4n) is 2.95. The smallest absolute Gasteiger partial charge is 0.416 e. The van der Waals surface area contributed by atoms with Gasteiger partial charge in [0, 0.05) is 25.8 Å². The van der Waals surface area contributed by atoms with Gasteiger partial charge in [0.1, 0.15) is 5.75 Å². The number of anilines is 1. The Kier molecular flexibility index (Phi) is 8.08. The van der Waals surface area contributed by atoms with Crippen LogP contribution in [0.1, 0.15) is 40.4 Å². The molecule has 0 aliphatic carbocycles. The maximum atomic E-state index is 12.6. The maximum absolute atomic E-state index is 12.6. The summed E-state index contributed by atoms with van der Waals surface area (Å²) in [4.78, 5) is 13.1. The van der Waals surface area contributed by atoms with Gasteiger partial charge in [-0.2, -0.15) is 13.2 Å². The van der Waals surface area contributed by atoms with Crippen LogP contribution in [0.25, 0.3) is 0 Å². The first-order chi connectivity index (χ1) is 14.1. The van der Waals surface area contributed by atoms with E-state index >= 15 is 0 Å². The van der Waals surface area contributed by atoms with Crippen LogP contribution in [0.4, 0.5) is 18.9 Å². The van der Waals surface area contributed by atoms with Crippen LogP contribution in [0, 0.1) is 0 Å². The van der Waals surface area contributed by atoms with Crippen molar-refractivity contribution < 1.29 is 28.2 Å². The molecule has 30 heavy (non-hydrogen) atoms. The summed E-state index contributed by atoms with van der Waals surface area (Å²) in [6, 6.07) is 9.25. The summed E-state index contributed by atoms with van der Waals surface area (Å²) in [6.07, 6.45) is -3.58. The number of nitrogens with zero attached hydrogens (tertiary/aromatic N) is 1. The van der Waals surface area contributed by atoms with E-state index in [0.717, 1.165) is 25.0 Å². The second-order valence-corrected chi connectivity index (χ2v) is 7.03. The van der Waals surface area contributed by atoms with Gasteiger partial charge in [0.15, 0.2) is 0 Å². The number of primary amides is 1. The molecule has 1 atom stereocenters. The van der Waals surface area contributed by atoms with Crippen LogP contribution in [0.15, 0.2) is 42.5 Å². The number of aliphatic hydroxyl groups excluding tert-OH is 1. The lowest BCUT2D eigenvalue weighted by Crippen LogP contribution is -2.24. The van der Waals surface area contributed by atoms with Gasteiger partial charge in [-0.1, -0.05) is 6.07 Å². The molecule has 0 aromatic heterocycles. The standard InChI is InChI=1S/C21H26F3N3O3/c1-27(16-7-5-15(6-8-16)21(22,23)24)11-3-2-10-26-13-19(29)14-4-9-18(28)17(12-14)20(25)30/h4-9,12,19,26,28-29H,2-3,10-11,13H2,1H3,(H2,25,30). The first-order valence-electron chi connectivity index (χ1n) is 9.49. The fourth-order valence-corrected chi connectivity index (χ4v) is 2.95. The first-order valence-corrected chi connectivity index (χ1v) is 9.49. The van der Waals surface area contributed by atoms with Crippen LogP contribution in [0.2, 0.25) is 0 Å². The highest BCUT2D eigenvalue weighted by Crippen LogP contribution is 2.30. The number of aromatic hydroxyl groups is 1. The van der Waals surface area contributed by atoms with E-state index in [9.17, 15) is 28.2 Å². The number of hydrogen-bond acceptors (Lipinski definition) is 5. The van der Waals surface area contributed by atoms with E-state index < -0.39 is 23.8 Å². The van der Waals surface area contributed by atoms with E-state index in [-0.39, 0.29) is 17.9 Å². The molecule has 164 valence electrons. The van der Waals surface area contributed by atoms with Crippen molar-refractivity contribution in [1.29, 1.82) is 0 Å². The molecule has 1 amide bonds. The Morgan fingerprint density at radius 1 is 1.17 bits per heavy atom. The van der Waals surface area contributed by atoms with Crippen molar-refractivity contribution in [3.8, 4) is 5.75 Å². The summed E-state index contributed by atoms with van der Waals surface area (Å²) in [5, 5.41) is 22.9. The van der Waals surface area contributed by atoms with E-state index in [0.29, 0.717) is 24.3 Å². The van der Waals surface area contributed by atoms with Crippen molar-refractivity contribution in [2.45, 2.75) is 25.1 Å². The van der Waals surface area contributed by atoms with Gasteiger partial charge in [-0.25, -0.2) is 0 Å². The number of hydrogen-bond donors (Lipinski definition) is 4. The summed E-state index contributed by atoms with van der Waals surface area (Å²) < 4.78 is 37.8. The van der Waals surface area contributed by atoms with E-state index in [2.05, 4.69) is 5.32 Å². The molecule has 2 aromatic rings. The lowest BCUT2D eigenvalue weighted by molar-refractivity contribution is -0.137. The molecule has 0 fully saturated rings. The number of nitrogens with two attached hydrogens (primary N) is 1. The monoisotopic (exact) mass is 425 g/mol. The van der Waals surface area contributed by atoms with Crippen LogP contribution in [0.5, 0.6) is 5.75 Å². The number of alkyl halides is 3. The Labute approximate surface area is 173 Å². The van der Waals surface area contributed by atoms with Crippen LogP contribution in [0.3, 0.4) is 0 Å². The summed E-state index contributed by atoms with van der Waals surface area (Å²) in [5.74, 6) is -1.00. The number of nitrogens with one attached hydrogen (secondary N) is 1. The molecule has 0 aliphatic rings. The number of aliphatic hydroxyl groups is 1. The second kappa shape index (κ2) is 10.3. The molecule has 2 rings (SSSR count). The lowest BCUT2D eigenvalue weighted by atomic mass is 10.0. The van der Waals surface area contributed by atoms with Crippen molar-refractivity contribution in [3.05, 3.63) is 59.2 Å². The quantitative estimate of drug-likeness (QED) is 0.439. The van der Waals surface area contributed by atoms with Crippen LogP contribution >= 0.6 is 0 Å². The molecule has 0 bridgehead atoms. The lowest BCUT2D eigenvalue weighted by Gasteiger charge is -2.20. The molecular formula is C21H26F3N3O3. The maximum Gasteiger partial charge on any atom is 0.416 e. The number of amides is 1. The molecule has 0 saturated heterocycles. The third kappa shape index (κ3) is 6.64. The van der Waals surface area contributed by atoms with Crippen molar-refractivity contribution in [2.75, 3.05) is 31.6 Å². The van der Waals surface area contributed by atoms with E-state index in [4.69, 9.17) is 5.73 Å². The van der Waals surface area contributed by atoms with Crippen LogP contribution < -0.4 is 16.0 Å². The summed E-state index contributed by atoms with van der Waals surface area (Å²) in [7, 11) is 1.82. The van der Waals surface area contributed by atoms with E-state index in [1.165, 1.54) is 30.3 Å². The van der Waals surface area contributed by atoms with E-state index in [1.54, 1.807) is 0 Å². The van der Waals surface area contributed by atoms with Gasteiger partial charge in [0.25, 0.3) is 5.91 Å². The second-order valence-electron chi connectivity index (χ2n) is 7.03. The number of benzene rings is 2. The topological polar surface area (TPSA) is 98.8 Å². The van der Waals surface area contributed by atoms with Crippen molar-refractivity contribution >= 4 is 11.6 Å². The Morgan fingerprint density at radius 3 is 2.43 bits per heavy atom. The highest BCUT2D eigenvalue weighted by atomic mass is 19.4. The van der Waals surface area contributed by atoms with Gasteiger partial charge < -0.3 is 26.2 Å². The van der Waals surface area contributed by atoms with Gasteiger partial charge in [0.2, 0.25) is 0 Å². The minimum atomic E-state index is -4.34. The Hall–Kier alpha value is -2.78. The van der Waals surface area contributed by atoms with Crippen LogP contribution in [-0.4, -0.2) is 42.8 Å². The van der Waals surface area contributed by atoms with Gasteiger partial charge in [0.05, 0.1) is 17.2 Å². The Bertz CT molecular complexity index is 842. The highest BCUT2D eigenvalue weighted by molar-refractivity contribution is 5.95. The molecule has 0 saturated carbocycles.